The summed E-state index contributed by atoms with van der Waals surface area (Å²) >= 11 is 0. The molecule has 0 radical (unpaired) electrons. The third-order valence-electron chi connectivity index (χ3n) is 3.76. The van der Waals surface area contributed by atoms with Crippen LogP contribution in [0.2, 0.25) is 0 Å². The van der Waals surface area contributed by atoms with Crippen LogP contribution in [0.15, 0.2) is 24.3 Å². The maximum atomic E-state index is 12.2. The molecule has 1 amide bonds. The van der Waals surface area contributed by atoms with E-state index in [1.807, 2.05) is 29.2 Å². The van der Waals surface area contributed by atoms with Crippen molar-refractivity contribution < 1.29 is 14.6 Å². The smallest absolute Gasteiger partial charge is 0.238 e. The fraction of sp³-hybridized carbons (Fsp3) is 0.562. The molecular weight excluding hydrogens is 268 g/mol. The van der Waals surface area contributed by atoms with E-state index in [1.165, 1.54) is 0 Å². The minimum atomic E-state index is -0.0927. The zero-order chi connectivity index (χ0) is 15.2. The van der Waals surface area contributed by atoms with Crippen molar-refractivity contribution in [2.75, 3.05) is 38.2 Å². The van der Waals surface area contributed by atoms with Gasteiger partial charge in [0.25, 0.3) is 0 Å². The highest BCUT2D eigenvalue weighted by Crippen LogP contribution is 2.23. The highest BCUT2D eigenvalue weighted by molar-refractivity contribution is 5.93. The van der Waals surface area contributed by atoms with E-state index in [-0.39, 0.29) is 25.1 Å². The van der Waals surface area contributed by atoms with Crippen LogP contribution in [0.25, 0.3) is 0 Å². The standard InChI is InChI=1S/C16H24N2O3/c1-12(2)14-5-3-4-6-15(14)17-16(20)9-18-7-8-21-11-13(18)10-19/h3-6,12-13,19H,7-11H2,1-2H3,(H,17,20). The number of amides is 1. The minimum Gasteiger partial charge on any atom is -0.395 e. The van der Waals surface area contributed by atoms with Crippen LogP contribution in [0.4, 0.5) is 5.69 Å². The number of benzene rings is 1. The van der Waals surface area contributed by atoms with E-state index in [0.717, 1.165) is 11.3 Å². The molecule has 1 aliphatic rings. The summed E-state index contributed by atoms with van der Waals surface area (Å²) in [6, 6.07) is 7.77. The first-order valence-corrected chi connectivity index (χ1v) is 7.43. The molecule has 0 saturated carbocycles. The summed E-state index contributed by atoms with van der Waals surface area (Å²) < 4.78 is 5.32. The molecule has 0 aliphatic carbocycles. The van der Waals surface area contributed by atoms with Gasteiger partial charge >= 0.3 is 0 Å². The molecule has 1 aromatic rings. The molecular formula is C16H24N2O3. The van der Waals surface area contributed by atoms with Crippen molar-refractivity contribution in [3.63, 3.8) is 0 Å². The molecule has 0 aromatic heterocycles. The highest BCUT2D eigenvalue weighted by atomic mass is 16.5. The highest BCUT2D eigenvalue weighted by Gasteiger charge is 2.24. The predicted molar refractivity (Wildman–Crippen MR) is 82.4 cm³/mol. The lowest BCUT2D eigenvalue weighted by molar-refractivity contribution is -0.120. The van der Waals surface area contributed by atoms with E-state index in [0.29, 0.717) is 25.7 Å². The normalized spacial score (nSPS) is 19.7. The summed E-state index contributed by atoms with van der Waals surface area (Å²) in [6.07, 6.45) is 0. The quantitative estimate of drug-likeness (QED) is 0.862. The molecule has 0 spiro atoms. The summed E-state index contributed by atoms with van der Waals surface area (Å²) in [4.78, 5) is 14.2. The molecule has 116 valence electrons. The first-order chi connectivity index (χ1) is 10.1. The summed E-state index contributed by atoms with van der Waals surface area (Å²) in [5.74, 6) is 0.304. The third-order valence-corrected chi connectivity index (χ3v) is 3.76. The molecule has 5 heteroatoms. The van der Waals surface area contributed by atoms with Gasteiger partial charge in [0.05, 0.1) is 32.4 Å². The second-order valence-electron chi connectivity index (χ2n) is 5.67. The van der Waals surface area contributed by atoms with Gasteiger partial charge in [0.2, 0.25) is 5.91 Å². The zero-order valence-corrected chi connectivity index (χ0v) is 12.7. The molecule has 5 nitrogen and oxygen atoms in total. The van der Waals surface area contributed by atoms with Crippen molar-refractivity contribution in [2.24, 2.45) is 0 Å². The van der Waals surface area contributed by atoms with E-state index < -0.39 is 0 Å². The fourth-order valence-electron chi connectivity index (χ4n) is 2.55. The Kier molecular flexibility index (Phi) is 5.73. The van der Waals surface area contributed by atoms with Crippen molar-refractivity contribution in [2.45, 2.75) is 25.8 Å². The number of hydrogen-bond acceptors (Lipinski definition) is 4. The Morgan fingerprint density at radius 1 is 1.48 bits per heavy atom. The van der Waals surface area contributed by atoms with Crippen LogP contribution >= 0.6 is 0 Å². The minimum absolute atomic E-state index is 0.00978. The lowest BCUT2D eigenvalue weighted by atomic mass is 10.0. The number of aliphatic hydroxyl groups is 1. The number of hydrogen-bond donors (Lipinski definition) is 2. The maximum absolute atomic E-state index is 12.2. The van der Waals surface area contributed by atoms with Gasteiger partial charge in [-0.15, -0.1) is 0 Å². The monoisotopic (exact) mass is 292 g/mol. The maximum Gasteiger partial charge on any atom is 0.238 e. The van der Waals surface area contributed by atoms with E-state index >= 15 is 0 Å². The van der Waals surface area contributed by atoms with Crippen LogP contribution in [-0.4, -0.2) is 54.9 Å². The van der Waals surface area contributed by atoms with Gasteiger partial charge in [-0.1, -0.05) is 32.0 Å². The molecule has 1 unspecified atom stereocenters. The molecule has 2 N–H and O–H groups in total. The number of carbonyl (C=O) groups excluding carboxylic acids is 1. The fourth-order valence-corrected chi connectivity index (χ4v) is 2.55. The van der Waals surface area contributed by atoms with E-state index in [2.05, 4.69) is 19.2 Å². The average molecular weight is 292 g/mol. The van der Waals surface area contributed by atoms with Crippen LogP contribution in [0.1, 0.15) is 25.3 Å². The van der Waals surface area contributed by atoms with Gasteiger partial charge in [0.1, 0.15) is 0 Å². The Balaban J connectivity index is 1.98. The number of aliphatic hydroxyl groups excluding tert-OH is 1. The Morgan fingerprint density at radius 2 is 2.24 bits per heavy atom. The lowest BCUT2D eigenvalue weighted by Crippen LogP contribution is -2.50. The summed E-state index contributed by atoms with van der Waals surface area (Å²) in [7, 11) is 0. The second-order valence-corrected chi connectivity index (χ2v) is 5.67. The van der Waals surface area contributed by atoms with Gasteiger partial charge in [-0.05, 0) is 17.5 Å². The van der Waals surface area contributed by atoms with Crippen LogP contribution in [-0.2, 0) is 9.53 Å². The summed E-state index contributed by atoms with van der Waals surface area (Å²) in [5, 5.41) is 12.3. The number of ether oxygens (including phenoxy) is 1. The average Bonchev–Trinajstić information content (AvgIpc) is 2.48. The number of morpholine rings is 1. The van der Waals surface area contributed by atoms with Crippen LogP contribution in [0, 0.1) is 0 Å². The molecule has 0 bridgehead atoms. The van der Waals surface area contributed by atoms with Crippen LogP contribution in [0.5, 0.6) is 0 Å². The first kappa shape index (κ1) is 15.9. The topological polar surface area (TPSA) is 61.8 Å². The Morgan fingerprint density at radius 3 is 2.95 bits per heavy atom. The van der Waals surface area contributed by atoms with Crippen molar-refractivity contribution >= 4 is 11.6 Å². The van der Waals surface area contributed by atoms with Crippen molar-refractivity contribution in [3.05, 3.63) is 29.8 Å². The number of carbonyl (C=O) groups is 1. The molecule has 2 rings (SSSR count). The molecule has 21 heavy (non-hydrogen) atoms. The Hall–Kier alpha value is -1.43. The Labute approximate surface area is 125 Å². The van der Waals surface area contributed by atoms with Crippen LogP contribution in [0.3, 0.4) is 0 Å². The van der Waals surface area contributed by atoms with E-state index in [4.69, 9.17) is 4.74 Å². The van der Waals surface area contributed by atoms with Gasteiger partial charge in [0.15, 0.2) is 0 Å². The molecule has 1 saturated heterocycles. The second kappa shape index (κ2) is 7.54. The molecule has 1 atom stereocenters. The first-order valence-electron chi connectivity index (χ1n) is 7.43. The summed E-state index contributed by atoms with van der Waals surface area (Å²) in [5.41, 5.74) is 2.00. The molecule has 1 aliphatic heterocycles. The lowest BCUT2D eigenvalue weighted by Gasteiger charge is -2.33. The molecule has 1 heterocycles. The SMILES string of the molecule is CC(C)c1ccccc1NC(=O)CN1CCOCC1CO. The van der Waals surface area contributed by atoms with Gasteiger partial charge in [-0.25, -0.2) is 0 Å². The largest absolute Gasteiger partial charge is 0.395 e. The number of nitrogens with one attached hydrogen (secondary N) is 1. The Bertz CT molecular complexity index is 476. The number of para-hydroxylation sites is 1. The summed E-state index contributed by atoms with van der Waals surface area (Å²) in [6.45, 7) is 6.25. The third kappa shape index (κ3) is 4.27. The molecule has 1 fully saturated rings. The van der Waals surface area contributed by atoms with Crippen LogP contribution < -0.4 is 5.32 Å². The zero-order valence-electron chi connectivity index (χ0n) is 12.7. The van der Waals surface area contributed by atoms with E-state index in [9.17, 15) is 9.90 Å². The number of rotatable bonds is 5. The van der Waals surface area contributed by atoms with Crippen molar-refractivity contribution in [1.29, 1.82) is 0 Å². The van der Waals surface area contributed by atoms with Gasteiger partial charge in [-0.2, -0.15) is 0 Å². The van der Waals surface area contributed by atoms with Gasteiger partial charge in [0, 0.05) is 12.2 Å². The van der Waals surface area contributed by atoms with Gasteiger partial charge in [-0.3, -0.25) is 9.69 Å². The van der Waals surface area contributed by atoms with Gasteiger partial charge < -0.3 is 15.2 Å². The van der Waals surface area contributed by atoms with E-state index in [1.54, 1.807) is 0 Å². The van der Waals surface area contributed by atoms with Crippen molar-refractivity contribution in [3.8, 4) is 0 Å². The number of nitrogens with zero attached hydrogens (tertiary/aromatic N) is 1. The number of anilines is 1. The molecule has 1 aromatic carbocycles. The van der Waals surface area contributed by atoms with Crippen molar-refractivity contribution in [1.82, 2.24) is 4.90 Å². The predicted octanol–water partition coefficient (Wildman–Crippen LogP) is 1.44.